The largest absolute Gasteiger partial charge is 0.469 e. The molecule has 5 aliphatic carbocycles. The van der Waals surface area contributed by atoms with Crippen molar-refractivity contribution in [1.29, 1.82) is 0 Å². The Bertz CT molecular complexity index is 2250. The number of esters is 2. The molecular weight excluding hydrogens is 797 g/mol. The van der Waals surface area contributed by atoms with E-state index in [0.717, 1.165) is 50.2 Å². The van der Waals surface area contributed by atoms with Crippen molar-refractivity contribution >= 4 is 17.7 Å². The number of benzene rings is 1. The smallest absolute Gasteiger partial charge is 0.339 e. The van der Waals surface area contributed by atoms with E-state index in [1.54, 1.807) is 6.26 Å². The van der Waals surface area contributed by atoms with Crippen molar-refractivity contribution in [2.24, 2.45) is 57.7 Å². The molecule has 63 heavy (non-hydrogen) atoms. The fourth-order valence-corrected chi connectivity index (χ4v) is 17.1. The number of hydrogen-bond donors (Lipinski definition) is 3. The van der Waals surface area contributed by atoms with E-state index in [0.29, 0.717) is 43.6 Å². The Morgan fingerprint density at radius 1 is 0.937 bits per heavy atom. The molecule has 336 valence electrons. The quantitative estimate of drug-likeness (QED) is 0.167. The van der Waals surface area contributed by atoms with Crippen LogP contribution in [0.2, 0.25) is 0 Å². The van der Waals surface area contributed by atoms with E-state index in [9.17, 15) is 9.90 Å². The molecule has 4 saturated carbocycles. The molecule has 0 radical (unpaired) electrons. The molecule has 2 aromatic rings. The van der Waals surface area contributed by atoms with Gasteiger partial charge in [0.1, 0.15) is 24.1 Å². The van der Waals surface area contributed by atoms with Crippen molar-refractivity contribution in [2.75, 3.05) is 19.8 Å². The molecular formula is C52H64N2O9. The molecule has 9 fully saturated rings. The van der Waals surface area contributed by atoms with E-state index in [1.807, 2.05) is 26.0 Å². The van der Waals surface area contributed by atoms with Crippen molar-refractivity contribution in [2.45, 2.75) is 152 Å². The Balaban J connectivity index is 0.991. The number of nitrogens with one attached hydrogen (secondary N) is 2. The molecule has 6 heterocycles. The average Bonchev–Trinajstić information content (AvgIpc) is 3.53. The van der Waals surface area contributed by atoms with Gasteiger partial charge in [0.2, 0.25) is 0 Å². The van der Waals surface area contributed by atoms with Gasteiger partial charge in [0.05, 0.1) is 36.7 Å². The van der Waals surface area contributed by atoms with E-state index < -0.39 is 63.2 Å². The highest BCUT2D eigenvalue weighted by Gasteiger charge is 2.95. The lowest BCUT2D eigenvalue weighted by molar-refractivity contribution is -0.295. The van der Waals surface area contributed by atoms with Crippen LogP contribution in [0.25, 0.3) is 0 Å². The lowest BCUT2D eigenvalue weighted by Crippen LogP contribution is -2.81. The first-order valence-electron chi connectivity index (χ1n) is 24.4. The number of cyclic esters (lactones) is 1. The summed E-state index contributed by atoms with van der Waals surface area (Å²) in [6.07, 6.45) is 10.0. The summed E-state index contributed by atoms with van der Waals surface area (Å²) in [5, 5.41) is 20.7. The molecule has 5 aliphatic heterocycles. The van der Waals surface area contributed by atoms with Crippen LogP contribution in [0.3, 0.4) is 0 Å². The molecule has 3 spiro atoms. The highest BCUT2D eigenvalue weighted by molar-refractivity contribution is 5.92. The van der Waals surface area contributed by atoms with Gasteiger partial charge in [-0.1, -0.05) is 61.9 Å². The third-order valence-electron chi connectivity index (χ3n) is 19.6. The Labute approximate surface area is 370 Å². The van der Waals surface area contributed by atoms with Crippen LogP contribution < -0.4 is 10.6 Å². The van der Waals surface area contributed by atoms with Crippen LogP contribution >= 0.6 is 0 Å². The summed E-state index contributed by atoms with van der Waals surface area (Å²) in [5.74, 6) is 7.19. The predicted octanol–water partition coefficient (Wildman–Crippen LogP) is 6.18. The summed E-state index contributed by atoms with van der Waals surface area (Å²) in [4.78, 5) is 44.0. The third-order valence-corrected chi connectivity index (χ3v) is 19.6. The summed E-state index contributed by atoms with van der Waals surface area (Å²) in [6, 6.07) is 13.1. The fourth-order valence-electron chi connectivity index (χ4n) is 17.1. The van der Waals surface area contributed by atoms with Crippen LogP contribution in [-0.4, -0.2) is 78.2 Å². The number of aliphatic hydroxyl groups excluding tert-OH is 1. The van der Waals surface area contributed by atoms with E-state index in [1.165, 1.54) is 31.2 Å². The zero-order valence-corrected chi connectivity index (χ0v) is 37.1. The number of rotatable bonds is 7. The average molecular weight is 861 g/mol. The fraction of sp³-hybridized carbons (Fsp3) is 0.712. The van der Waals surface area contributed by atoms with Crippen LogP contribution in [0.1, 0.15) is 115 Å². The van der Waals surface area contributed by atoms with Gasteiger partial charge in [-0.3, -0.25) is 9.59 Å². The summed E-state index contributed by atoms with van der Waals surface area (Å²) < 4.78 is 33.6. The van der Waals surface area contributed by atoms with Gasteiger partial charge in [-0.2, -0.15) is 0 Å². The molecule has 11 heteroatoms. The zero-order valence-electron chi connectivity index (χ0n) is 37.1. The number of aliphatic hydroxyl groups is 1. The summed E-state index contributed by atoms with van der Waals surface area (Å²) >= 11 is 0. The first-order chi connectivity index (χ1) is 30.4. The van der Waals surface area contributed by atoms with Crippen LogP contribution in [0.4, 0.5) is 0 Å². The number of hydrogen-bond acceptors (Lipinski definition) is 11. The van der Waals surface area contributed by atoms with Crippen LogP contribution in [-0.2, 0) is 51.8 Å². The topological polar surface area (TPSA) is 149 Å². The van der Waals surface area contributed by atoms with Gasteiger partial charge in [0.25, 0.3) is 0 Å². The normalized spacial score (nSPS) is 47.7. The second-order valence-electron chi connectivity index (χ2n) is 22.4. The zero-order chi connectivity index (χ0) is 43.1. The minimum atomic E-state index is -1.47. The molecule has 4 bridgehead atoms. The minimum absolute atomic E-state index is 0.0287. The highest BCUT2D eigenvalue weighted by Crippen LogP contribution is 2.84. The van der Waals surface area contributed by atoms with E-state index in [-0.39, 0.29) is 54.9 Å². The lowest BCUT2D eigenvalue weighted by Gasteiger charge is -2.71. The monoisotopic (exact) mass is 860 g/mol. The molecule has 1 aromatic heterocycles. The first kappa shape index (κ1) is 40.9. The molecule has 10 aliphatic rings. The lowest BCUT2D eigenvalue weighted by atomic mass is 9.31. The molecule has 14 atom stereocenters. The molecule has 12 rings (SSSR count). The summed E-state index contributed by atoms with van der Waals surface area (Å²) in [7, 11) is 0. The molecule has 3 N–H and O–H groups in total. The van der Waals surface area contributed by atoms with Crippen LogP contribution in [0.15, 0.2) is 47.1 Å². The van der Waals surface area contributed by atoms with Crippen molar-refractivity contribution in [1.82, 2.24) is 10.6 Å². The molecule has 1 aromatic carbocycles. The van der Waals surface area contributed by atoms with Gasteiger partial charge >= 0.3 is 11.9 Å². The number of aryl methyl sites for hydroxylation is 1. The Hall–Kier alpha value is -3.53. The number of carbonyl (C=O) groups is 3. The number of furan rings is 1. The van der Waals surface area contributed by atoms with Gasteiger partial charge in [-0.05, 0) is 113 Å². The van der Waals surface area contributed by atoms with Gasteiger partial charge in [0, 0.05) is 53.4 Å². The van der Waals surface area contributed by atoms with Crippen molar-refractivity contribution in [3.63, 3.8) is 0 Å². The maximum atomic E-state index is 15.7. The molecule has 5 saturated heterocycles. The van der Waals surface area contributed by atoms with Gasteiger partial charge in [-0.25, -0.2) is 4.79 Å². The van der Waals surface area contributed by atoms with Crippen LogP contribution in [0, 0.1) is 69.5 Å². The van der Waals surface area contributed by atoms with E-state index in [2.05, 4.69) is 53.7 Å². The van der Waals surface area contributed by atoms with Gasteiger partial charge < -0.3 is 39.1 Å². The second-order valence-corrected chi connectivity index (χ2v) is 22.4. The SMILES string of the molecule is CC1(C)OC2CC(=O)OCC23C1C(=O)C(O)C12C4CC(Cc5ccccc5)CCC4C#CCC4(c5ccoc5CCC5CCC(C6CNCN6)CC5)OC(=O)C5OC51C4(C)CCC32. The Morgan fingerprint density at radius 2 is 1.75 bits per heavy atom. The van der Waals surface area contributed by atoms with Crippen molar-refractivity contribution < 1.29 is 42.9 Å². The number of ketones is 1. The number of epoxide rings is 1. The molecule has 0 amide bonds. The highest BCUT2D eigenvalue weighted by atomic mass is 16.7. The number of ether oxygens (including phenoxy) is 4. The van der Waals surface area contributed by atoms with E-state index >= 15 is 9.59 Å². The third kappa shape index (κ3) is 5.36. The Kier molecular flexibility index (Phi) is 9.25. The second kappa shape index (κ2) is 14.2. The standard InChI is InChI=1S/C52H64N2O9/c1-47(2)43-42(56)44(57)51-36-25-32(24-31-8-5-4-6-9-31)13-15-33(36)10-7-21-50(35-20-23-59-38(35)18-14-30-11-16-34(17-12-30)37-27-53-29-54-37)48(3,52(51)45(62-52)46(58)63-50)22-19-39(51)49(43)28-60-41(55)26-40(49)61-47/h4-6,8-9,20,23,30,32-34,36-37,39-40,43-45,53-54,57H,11-19,21-22,24-29H2,1-3H3. The maximum Gasteiger partial charge on any atom is 0.339 e. The van der Waals surface area contributed by atoms with Crippen molar-refractivity contribution in [3.05, 3.63) is 59.5 Å². The predicted molar refractivity (Wildman–Crippen MR) is 229 cm³/mol. The Morgan fingerprint density at radius 3 is 2.54 bits per heavy atom. The van der Waals surface area contributed by atoms with E-state index in [4.69, 9.17) is 23.4 Å². The first-order valence-corrected chi connectivity index (χ1v) is 24.4. The van der Waals surface area contributed by atoms with Gasteiger partial charge in [-0.15, -0.1) is 0 Å². The maximum absolute atomic E-state index is 15.7. The number of fused-ring (bicyclic) bond motifs is 1. The molecule has 14 unspecified atom stereocenters. The molecule has 11 nitrogen and oxygen atoms in total. The minimum Gasteiger partial charge on any atom is -0.469 e. The summed E-state index contributed by atoms with van der Waals surface area (Å²) in [6.45, 7) is 8.04. The van der Waals surface area contributed by atoms with Crippen LogP contribution in [0.5, 0.6) is 0 Å². The summed E-state index contributed by atoms with van der Waals surface area (Å²) in [5.41, 5.74) is -4.50. The van der Waals surface area contributed by atoms with Crippen molar-refractivity contribution in [3.8, 4) is 11.8 Å². The number of carbonyl (C=O) groups excluding carboxylic acids is 3. The van der Waals surface area contributed by atoms with Gasteiger partial charge in [0.15, 0.2) is 17.5 Å². The number of Topliss-reactive ketones (excluding diaryl/α,β-unsaturated/α-hetero) is 1.